The predicted molar refractivity (Wildman–Crippen MR) is 117 cm³/mol. The van der Waals surface area contributed by atoms with E-state index in [0.29, 0.717) is 6.42 Å². The van der Waals surface area contributed by atoms with E-state index < -0.39 is 23.8 Å². The lowest BCUT2D eigenvalue weighted by atomic mass is 10.0. The zero-order chi connectivity index (χ0) is 22.2. The number of amides is 3. The molecule has 0 bridgehead atoms. The van der Waals surface area contributed by atoms with Gasteiger partial charge in [0.15, 0.2) is 5.69 Å². The summed E-state index contributed by atoms with van der Waals surface area (Å²) < 4.78 is 1.67. The number of aromatic nitrogens is 2. The van der Waals surface area contributed by atoms with E-state index in [9.17, 15) is 14.4 Å². The third-order valence-electron chi connectivity index (χ3n) is 4.70. The molecule has 3 amide bonds. The van der Waals surface area contributed by atoms with Gasteiger partial charge in [0.1, 0.15) is 6.04 Å². The molecule has 8 heteroatoms. The first-order valence-electron chi connectivity index (χ1n) is 9.97. The molecule has 0 spiro atoms. The van der Waals surface area contributed by atoms with Crippen LogP contribution < -0.4 is 16.4 Å². The standard InChI is InChI=1S/C23H25N5O3/c1-16-14-20(27-28(16)18-10-6-3-7-11-18)23(31)26-19(15-17-8-4-2-5-9-17)22(30)25-13-12-21(24)29/h2-11,14,19H,12-13,15H2,1H3,(H2,24,29)(H,25,30)(H,26,31). The van der Waals surface area contributed by atoms with E-state index in [1.165, 1.54) is 0 Å². The van der Waals surface area contributed by atoms with Crippen LogP contribution in [0, 0.1) is 6.92 Å². The molecule has 0 saturated heterocycles. The Balaban J connectivity index is 1.76. The van der Waals surface area contributed by atoms with Gasteiger partial charge in [0.2, 0.25) is 11.8 Å². The Kier molecular flexibility index (Phi) is 7.16. The van der Waals surface area contributed by atoms with Crippen LogP contribution in [-0.4, -0.2) is 40.1 Å². The van der Waals surface area contributed by atoms with Crippen LogP contribution in [0.15, 0.2) is 66.7 Å². The Morgan fingerprint density at radius 2 is 1.68 bits per heavy atom. The normalized spacial score (nSPS) is 11.5. The maximum atomic E-state index is 12.9. The smallest absolute Gasteiger partial charge is 0.272 e. The number of nitrogens with two attached hydrogens (primary N) is 1. The van der Waals surface area contributed by atoms with Crippen molar-refractivity contribution in [3.63, 3.8) is 0 Å². The van der Waals surface area contributed by atoms with Crippen molar-refractivity contribution in [3.8, 4) is 5.69 Å². The molecule has 0 fully saturated rings. The molecule has 1 unspecified atom stereocenters. The van der Waals surface area contributed by atoms with Gasteiger partial charge in [-0.05, 0) is 30.7 Å². The summed E-state index contributed by atoms with van der Waals surface area (Å²) in [7, 11) is 0. The van der Waals surface area contributed by atoms with Gasteiger partial charge in [-0.2, -0.15) is 5.10 Å². The molecule has 2 aromatic carbocycles. The van der Waals surface area contributed by atoms with Gasteiger partial charge >= 0.3 is 0 Å². The van der Waals surface area contributed by atoms with Gasteiger partial charge in [-0.25, -0.2) is 4.68 Å². The third kappa shape index (κ3) is 6.02. The van der Waals surface area contributed by atoms with Crippen molar-refractivity contribution in [1.29, 1.82) is 0 Å². The number of hydrogen-bond donors (Lipinski definition) is 3. The highest BCUT2D eigenvalue weighted by Gasteiger charge is 2.23. The molecular weight excluding hydrogens is 394 g/mol. The maximum Gasteiger partial charge on any atom is 0.272 e. The van der Waals surface area contributed by atoms with Crippen molar-refractivity contribution in [2.45, 2.75) is 25.8 Å². The first-order valence-corrected chi connectivity index (χ1v) is 9.97. The first-order chi connectivity index (χ1) is 14.9. The molecule has 0 radical (unpaired) electrons. The number of para-hydroxylation sites is 1. The van der Waals surface area contributed by atoms with E-state index in [-0.39, 0.29) is 18.7 Å². The fourth-order valence-corrected chi connectivity index (χ4v) is 3.14. The predicted octanol–water partition coefficient (Wildman–Crippen LogP) is 1.51. The first kappa shape index (κ1) is 21.8. The van der Waals surface area contributed by atoms with Crippen LogP contribution in [0.3, 0.4) is 0 Å². The second-order valence-corrected chi connectivity index (χ2v) is 7.14. The lowest BCUT2D eigenvalue weighted by molar-refractivity contribution is -0.123. The SMILES string of the molecule is Cc1cc(C(=O)NC(Cc2ccccc2)C(=O)NCCC(N)=O)nn1-c1ccccc1. The number of rotatable bonds is 9. The van der Waals surface area contributed by atoms with Gasteiger partial charge < -0.3 is 16.4 Å². The van der Waals surface area contributed by atoms with E-state index in [1.54, 1.807) is 10.7 Å². The molecule has 1 heterocycles. The Bertz CT molecular complexity index is 1050. The van der Waals surface area contributed by atoms with Crippen molar-refractivity contribution >= 4 is 17.7 Å². The second-order valence-electron chi connectivity index (χ2n) is 7.14. The number of nitrogens with one attached hydrogen (secondary N) is 2. The average Bonchev–Trinajstić information content (AvgIpc) is 3.16. The van der Waals surface area contributed by atoms with E-state index in [0.717, 1.165) is 16.9 Å². The Morgan fingerprint density at radius 3 is 2.32 bits per heavy atom. The topological polar surface area (TPSA) is 119 Å². The largest absolute Gasteiger partial charge is 0.370 e. The van der Waals surface area contributed by atoms with Crippen molar-refractivity contribution in [1.82, 2.24) is 20.4 Å². The molecule has 3 aromatic rings. The van der Waals surface area contributed by atoms with Crippen LogP contribution in [0.5, 0.6) is 0 Å². The van der Waals surface area contributed by atoms with Gasteiger partial charge in [-0.15, -0.1) is 0 Å². The lowest BCUT2D eigenvalue weighted by Gasteiger charge is -2.18. The van der Waals surface area contributed by atoms with E-state index in [2.05, 4.69) is 15.7 Å². The fourth-order valence-electron chi connectivity index (χ4n) is 3.14. The van der Waals surface area contributed by atoms with Gasteiger partial charge in [0.25, 0.3) is 5.91 Å². The van der Waals surface area contributed by atoms with Crippen LogP contribution in [0.2, 0.25) is 0 Å². The zero-order valence-corrected chi connectivity index (χ0v) is 17.2. The maximum absolute atomic E-state index is 12.9. The summed E-state index contributed by atoms with van der Waals surface area (Å²) in [5.41, 5.74) is 7.86. The zero-order valence-electron chi connectivity index (χ0n) is 17.2. The highest BCUT2D eigenvalue weighted by Crippen LogP contribution is 2.12. The summed E-state index contributed by atoms with van der Waals surface area (Å²) in [4.78, 5) is 36.5. The molecule has 31 heavy (non-hydrogen) atoms. The lowest BCUT2D eigenvalue weighted by Crippen LogP contribution is -2.48. The summed E-state index contributed by atoms with van der Waals surface area (Å²) in [5.74, 6) is -1.35. The Hall–Kier alpha value is -3.94. The molecule has 4 N–H and O–H groups in total. The van der Waals surface area contributed by atoms with Crippen molar-refractivity contribution in [3.05, 3.63) is 83.7 Å². The molecule has 0 aliphatic heterocycles. The van der Waals surface area contributed by atoms with E-state index >= 15 is 0 Å². The number of carbonyl (C=O) groups excluding carboxylic acids is 3. The highest BCUT2D eigenvalue weighted by atomic mass is 16.2. The summed E-state index contributed by atoms with van der Waals surface area (Å²) >= 11 is 0. The fraction of sp³-hybridized carbons (Fsp3) is 0.217. The number of benzene rings is 2. The van der Waals surface area contributed by atoms with Crippen LogP contribution in [0.25, 0.3) is 5.69 Å². The van der Waals surface area contributed by atoms with Gasteiger partial charge in [0.05, 0.1) is 5.69 Å². The van der Waals surface area contributed by atoms with Crippen LogP contribution in [0.4, 0.5) is 0 Å². The minimum absolute atomic E-state index is 0.0262. The number of nitrogens with zero attached hydrogens (tertiary/aromatic N) is 2. The van der Waals surface area contributed by atoms with E-state index in [1.807, 2.05) is 67.6 Å². The molecule has 3 rings (SSSR count). The van der Waals surface area contributed by atoms with Gasteiger partial charge in [-0.1, -0.05) is 48.5 Å². The summed E-state index contributed by atoms with van der Waals surface area (Å²) in [6.45, 7) is 1.96. The Labute approximate surface area is 180 Å². The highest BCUT2D eigenvalue weighted by molar-refractivity contribution is 5.96. The number of primary amides is 1. The molecule has 0 aliphatic carbocycles. The van der Waals surface area contributed by atoms with Crippen LogP contribution in [-0.2, 0) is 16.0 Å². The molecule has 8 nitrogen and oxygen atoms in total. The molecule has 1 atom stereocenters. The van der Waals surface area contributed by atoms with E-state index in [4.69, 9.17) is 5.73 Å². The molecular formula is C23H25N5O3. The van der Waals surface area contributed by atoms with Crippen molar-refractivity contribution < 1.29 is 14.4 Å². The summed E-state index contributed by atoms with van der Waals surface area (Å²) in [6.07, 6.45) is 0.325. The quantitative estimate of drug-likeness (QED) is 0.487. The van der Waals surface area contributed by atoms with Crippen LogP contribution in [0.1, 0.15) is 28.2 Å². The molecule has 0 aliphatic rings. The van der Waals surface area contributed by atoms with Crippen LogP contribution >= 0.6 is 0 Å². The minimum Gasteiger partial charge on any atom is -0.370 e. The number of hydrogen-bond acceptors (Lipinski definition) is 4. The molecule has 1 aromatic heterocycles. The van der Waals surface area contributed by atoms with Crippen molar-refractivity contribution in [2.24, 2.45) is 5.73 Å². The minimum atomic E-state index is -0.829. The average molecular weight is 419 g/mol. The van der Waals surface area contributed by atoms with Gasteiger partial charge in [0, 0.05) is 25.1 Å². The molecule has 0 saturated carbocycles. The third-order valence-corrected chi connectivity index (χ3v) is 4.70. The summed E-state index contributed by atoms with van der Waals surface area (Å²) in [6, 6.07) is 19.7. The van der Waals surface area contributed by atoms with Gasteiger partial charge in [-0.3, -0.25) is 14.4 Å². The number of aryl methyl sites for hydroxylation is 1. The van der Waals surface area contributed by atoms with Crippen molar-refractivity contribution in [2.75, 3.05) is 6.54 Å². The summed E-state index contributed by atoms with van der Waals surface area (Å²) in [5, 5.41) is 9.82. The Morgan fingerprint density at radius 1 is 1.03 bits per heavy atom. The molecule has 160 valence electrons. The monoisotopic (exact) mass is 419 g/mol. The second kappa shape index (κ2) is 10.2. The number of carbonyl (C=O) groups is 3.